The Kier molecular flexibility index (Phi) is 12.0. The number of carbonyl (C=O) groups excluding carboxylic acids is 2. The highest BCUT2D eigenvalue weighted by atomic mass is 32.3. The second kappa shape index (κ2) is 16.2. The maximum Gasteiger partial charge on any atom is 0.394 e. The number of pyridine rings is 1. The topological polar surface area (TPSA) is 200 Å². The van der Waals surface area contributed by atoms with Gasteiger partial charge in [-0.1, -0.05) is 18.2 Å². The molecule has 2 heterocycles. The number of anilines is 1. The van der Waals surface area contributed by atoms with Crippen molar-refractivity contribution in [1.29, 1.82) is 0 Å². The average Bonchev–Trinajstić information content (AvgIpc) is 3.29. The quantitative estimate of drug-likeness (QED) is 0.113. The Morgan fingerprint density at radius 1 is 1.02 bits per heavy atom. The van der Waals surface area contributed by atoms with E-state index in [1.807, 2.05) is 0 Å². The van der Waals surface area contributed by atoms with Gasteiger partial charge in [-0.25, -0.2) is 9.07 Å². The highest BCUT2D eigenvalue weighted by Gasteiger charge is 2.26. The van der Waals surface area contributed by atoms with Crippen LogP contribution >= 0.6 is 0 Å². The Labute approximate surface area is 285 Å². The molecule has 264 valence electrons. The SMILES string of the molecule is CNCC(=O)O[C@H](C)Cn1c(C)c(C(=O)Nc2ccc(Oc3ccnc4cc(OC)ccc34)c(F)c2)c(=O)n1-c1ccccc1.O=S(=O)(O)O. The van der Waals surface area contributed by atoms with Crippen LogP contribution in [0.5, 0.6) is 17.2 Å². The van der Waals surface area contributed by atoms with Crippen LogP contribution in [0.15, 0.2) is 83.8 Å². The van der Waals surface area contributed by atoms with E-state index in [0.717, 1.165) is 6.07 Å². The first-order valence-electron chi connectivity index (χ1n) is 14.8. The monoisotopic (exact) mass is 711 g/mol. The predicted octanol–water partition coefficient (Wildman–Crippen LogP) is 4.19. The van der Waals surface area contributed by atoms with E-state index in [9.17, 15) is 14.4 Å². The molecule has 1 amide bonds. The average molecular weight is 712 g/mol. The van der Waals surface area contributed by atoms with Crippen LogP contribution in [0.1, 0.15) is 23.0 Å². The molecule has 0 unspecified atom stereocenters. The fraction of sp³-hybridized carbons (Fsp3) is 0.212. The highest BCUT2D eigenvalue weighted by Crippen LogP contribution is 2.33. The Morgan fingerprint density at radius 2 is 1.72 bits per heavy atom. The molecule has 0 aliphatic rings. The number of rotatable bonds is 11. The van der Waals surface area contributed by atoms with Crippen molar-refractivity contribution in [3.63, 3.8) is 0 Å². The van der Waals surface area contributed by atoms with Crippen molar-refractivity contribution in [2.45, 2.75) is 26.5 Å². The lowest BCUT2D eigenvalue weighted by molar-refractivity contribution is -0.147. The van der Waals surface area contributed by atoms with Crippen LogP contribution in [0, 0.1) is 12.7 Å². The number of amides is 1. The summed E-state index contributed by atoms with van der Waals surface area (Å²) in [6, 6.07) is 19.7. The van der Waals surface area contributed by atoms with E-state index in [1.165, 1.54) is 16.8 Å². The highest BCUT2D eigenvalue weighted by molar-refractivity contribution is 7.79. The summed E-state index contributed by atoms with van der Waals surface area (Å²) in [6.07, 6.45) is 0.941. The molecule has 0 spiro atoms. The molecule has 17 heteroatoms. The van der Waals surface area contributed by atoms with E-state index in [4.69, 9.17) is 31.7 Å². The number of nitrogens with one attached hydrogen (secondary N) is 2. The van der Waals surface area contributed by atoms with Gasteiger partial charge in [0, 0.05) is 29.4 Å². The van der Waals surface area contributed by atoms with Crippen molar-refractivity contribution < 1.29 is 45.7 Å². The molecule has 1 atom stereocenters. The van der Waals surface area contributed by atoms with Gasteiger partial charge in [-0.3, -0.25) is 33.2 Å². The second-order valence-electron chi connectivity index (χ2n) is 10.7. The van der Waals surface area contributed by atoms with Crippen LogP contribution < -0.4 is 25.7 Å². The van der Waals surface area contributed by atoms with Gasteiger partial charge in [-0.15, -0.1) is 0 Å². The van der Waals surface area contributed by atoms with E-state index in [1.54, 1.807) is 93.5 Å². The van der Waals surface area contributed by atoms with Crippen LogP contribution in [0.3, 0.4) is 0 Å². The molecule has 0 saturated carbocycles. The molecule has 0 saturated heterocycles. The maximum atomic E-state index is 15.2. The first-order valence-corrected chi connectivity index (χ1v) is 16.2. The van der Waals surface area contributed by atoms with Gasteiger partial charge in [0.25, 0.3) is 11.5 Å². The van der Waals surface area contributed by atoms with Gasteiger partial charge < -0.3 is 24.8 Å². The molecule has 0 bridgehead atoms. The van der Waals surface area contributed by atoms with Crippen molar-refractivity contribution in [3.05, 3.63) is 106 Å². The van der Waals surface area contributed by atoms with Crippen LogP contribution in [0.2, 0.25) is 0 Å². The number of aromatic nitrogens is 3. The second-order valence-corrected chi connectivity index (χ2v) is 11.6. The standard InChI is InChI=1S/C33H32FN5O6.H2O4S/c1-20(44-30(40)18-35-3)19-38-21(2)31(33(42)39(38)23-8-6-5-7-9-23)32(41)37-22-10-13-29(26(34)16-22)45-28-14-15-36-27-17-24(43-4)11-12-25(27)28;1-5(2,3)4/h5-17,20,35H,18-19H2,1-4H3,(H,37,41);(H2,1,2,3,4)/t20-;/m1./s1. The zero-order chi connectivity index (χ0) is 36.6. The number of hydrogen-bond acceptors (Lipinski definition) is 10. The normalized spacial score (nSPS) is 11.7. The predicted molar refractivity (Wildman–Crippen MR) is 181 cm³/mol. The molecule has 50 heavy (non-hydrogen) atoms. The fourth-order valence-corrected chi connectivity index (χ4v) is 4.94. The lowest BCUT2D eigenvalue weighted by Crippen LogP contribution is -2.30. The zero-order valence-electron chi connectivity index (χ0n) is 27.3. The van der Waals surface area contributed by atoms with Gasteiger partial charge in [-0.2, -0.15) is 8.42 Å². The molecular weight excluding hydrogens is 677 g/mol. The molecule has 2 aromatic heterocycles. The molecule has 4 N–H and O–H groups in total. The number of esters is 1. The van der Waals surface area contributed by atoms with E-state index in [2.05, 4.69) is 15.6 Å². The fourth-order valence-electron chi connectivity index (χ4n) is 4.94. The van der Waals surface area contributed by atoms with Gasteiger partial charge >= 0.3 is 16.4 Å². The number of hydrogen-bond donors (Lipinski definition) is 4. The number of nitrogens with zero attached hydrogens (tertiary/aromatic N) is 3. The lowest BCUT2D eigenvalue weighted by Gasteiger charge is -2.18. The molecule has 0 fully saturated rings. The van der Waals surface area contributed by atoms with Gasteiger partial charge in [0.15, 0.2) is 11.6 Å². The molecule has 15 nitrogen and oxygen atoms in total. The summed E-state index contributed by atoms with van der Waals surface area (Å²) in [5, 5.41) is 6.03. The lowest BCUT2D eigenvalue weighted by atomic mass is 10.2. The first-order chi connectivity index (χ1) is 23.7. The number of likely N-dealkylation sites (N-methyl/N-ethyl adjacent to an activating group) is 1. The molecule has 3 aromatic carbocycles. The number of fused-ring (bicyclic) bond motifs is 1. The van der Waals surface area contributed by atoms with Gasteiger partial charge in [0.1, 0.15) is 23.2 Å². The molecule has 0 aliphatic heterocycles. The number of para-hydroxylation sites is 1. The largest absolute Gasteiger partial charge is 0.497 e. The summed E-state index contributed by atoms with van der Waals surface area (Å²) < 4.78 is 66.3. The molecular formula is C33H34FN5O10S. The third-order valence-corrected chi connectivity index (χ3v) is 7.03. The minimum Gasteiger partial charge on any atom is -0.497 e. The third-order valence-electron chi connectivity index (χ3n) is 7.03. The smallest absolute Gasteiger partial charge is 0.394 e. The number of halogens is 1. The van der Waals surface area contributed by atoms with Gasteiger partial charge in [0.05, 0.1) is 37.1 Å². The number of ether oxygens (including phenoxy) is 3. The summed E-state index contributed by atoms with van der Waals surface area (Å²) in [6.45, 7) is 3.47. The Balaban J connectivity index is 0.00000105. The minimum atomic E-state index is -4.67. The van der Waals surface area contributed by atoms with E-state index in [-0.39, 0.29) is 30.1 Å². The molecule has 5 rings (SSSR count). The Morgan fingerprint density at radius 3 is 2.36 bits per heavy atom. The minimum absolute atomic E-state index is 0.0307. The van der Waals surface area contributed by atoms with E-state index in [0.29, 0.717) is 33.8 Å². The summed E-state index contributed by atoms with van der Waals surface area (Å²) in [5.74, 6) is -0.938. The molecule has 0 radical (unpaired) electrons. The van der Waals surface area contributed by atoms with Crippen molar-refractivity contribution in [3.8, 4) is 22.9 Å². The van der Waals surface area contributed by atoms with Gasteiger partial charge in [0.2, 0.25) is 0 Å². The van der Waals surface area contributed by atoms with Crippen molar-refractivity contribution >= 4 is 38.9 Å². The molecule has 0 aliphatic carbocycles. The molecule has 5 aromatic rings. The third kappa shape index (κ3) is 9.50. The van der Waals surface area contributed by atoms with E-state index >= 15 is 4.39 Å². The van der Waals surface area contributed by atoms with Crippen LogP contribution in [-0.2, 0) is 26.5 Å². The summed E-state index contributed by atoms with van der Waals surface area (Å²) in [7, 11) is -1.48. The van der Waals surface area contributed by atoms with Crippen molar-refractivity contribution in [2.75, 3.05) is 26.0 Å². The summed E-state index contributed by atoms with van der Waals surface area (Å²) in [4.78, 5) is 43.5. The van der Waals surface area contributed by atoms with Crippen LogP contribution in [-0.4, -0.2) is 70.6 Å². The number of methoxy groups -OCH3 is 1. The van der Waals surface area contributed by atoms with Crippen LogP contribution in [0.4, 0.5) is 10.1 Å². The van der Waals surface area contributed by atoms with Gasteiger partial charge in [-0.05, 0) is 63.4 Å². The Hall–Kier alpha value is -5.62. The number of carbonyl (C=O) groups is 2. The summed E-state index contributed by atoms with van der Waals surface area (Å²) >= 11 is 0. The zero-order valence-corrected chi connectivity index (χ0v) is 28.1. The Bertz CT molecular complexity index is 2160. The maximum absolute atomic E-state index is 15.2. The van der Waals surface area contributed by atoms with Crippen LogP contribution in [0.25, 0.3) is 16.6 Å². The van der Waals surface area contributed by atoms with Crippen molar-refractivity contribution in [2.24, 2.45) is 0 Å². The van der Waals surface area contributed by atoms with E-state index < -0.39 is 39.8 Å². The van der Waals surface area contributed by atoms with Crippen molar-refractivity contribution in [1.82, 2.24) is 19.7 Å². The summed E-state index contributed by atoms with van der Waals surface area (Å²) in [5.41, 5.74) is 0.901. The number of benzene rings is 3. The first kappa shape index (κ1) is 37.2.